The van der Waals surface area contributed by atoms with Crippen molar-refractivity contribution in [1.29, 1.82) is 0 Å². The number of hydrogen-bond acceptors (Lipinski definition) is 7. The Kier molecular flexibility index (Phi) is 6.81. The molecule has 0 spiro atoms. The molecule has 0 bridgehead atoms. The van der Waals surface area contributed by atoms with Crippen molar-refractivity contribution in [2.75, 3.05) is 11.9 Å². The minimum absolute atomic E-state index is 0.0233. The Morgan fingerprint density at radius 3 is 2.32 bits per heavy atom. The van der Waals surface area contributed by atoms with Crippen LogP contribution in [0.15, 0.2) is 53.4 Å². The van der Waals surface area contributed by atoms with Gasteiger partial charge in [-0.05, 0) is 57.2 Å². The number of fused-ring (bicyclic) bond motifs is 1. The zero-order valence-electron chi connectivity index (χ0n) is 17.3. The monoisotopic (exact) mass is 448 g/mol. The van der Waals surface area contributed by atoms with Gasteiger partial charge in [-0.1, -0.05) is 12.1 Å². The number of ether oxygens (including phenoxy) is 3. The van der Waals surface area contributed by atoms with Crippen LogP contribution in [0.4, 0.5) is 5.69 Å². The molecule has 2 N–H and O–H groups in total. The van der Waals surface area contributed by atoms with Gasteiger partial charge in [0.25, 0.3) is 5.91 Å². The van der Waals surface area contributed by atoms with Crippen molar-refractivity contribution >= 4 is 27.6 Å². The number of anilines is 1. The maximum Gasteiger partial charge on any atom is 0.351 e. The molecule has 1 aliphatic rings. The number of amides is 1. The lowest BCUT2D eigenvalue weighted by Gasteiger charge is -2.25. The van der Waals surface area contributed by atoms with Crippen LogP contribution in [0.1, 0.15) is 20.8 Å². The molecule has 1 amide bonds. The minimum Gasteiger partial charge on any atom is -0.485 e. The molecular formula is C21H24N2O7S. The number of rotatable bonds is 7. The number of esters is 1. The second-order valence-electron chi connectivity index (χ2n) is 7.23. The highest BCUT2D eigenvalue weighted by molar-refractivity contribution is 7.89. The maximum atomic E-state index is 12.4. The quantitative estimate of drug-likeness (QED) is 0.622. The fourth-order valence-electron chi connectivity index (χ4n) is 2.78. The summed E-state index contributed by atoms with van der Waals surface area (Å²) in [5.74, 6) is -0.332. The van der Waals surface area contributed by atoms with Gasteiger partial charge in [-0.3, -0.25) is 4.79 Å². The van der Waals surface area contributed by atoms with Crippen LogP contribution in [0, 0.1) is 0 Å². The molecule has 9 nitrogen and oxygen atoms in total. The summed E-state index contributed by atoms with van der Waals surface area (Å²) in [5.41, 5.74) is 0.363. The number of carbonyl (C=O) groups excluding carboxylic acids is 2. The van der Waals surface area contributed by atoms with Crippen LogP contribution >= 0.6 is 0 Å². The van der Waals surface area contributed by atoms with Gasteiger partial charge >= 0.3 is 5.97 Å². The highest BCUT2D eigenvalue weighted by Crippen LogP contribution is 2.31. The van der Waals surface area contributed by atoms with Gasteiger partial charge in [0.1, 0.15) is 6.61 Å². The summed E-state index contributed by atoms with van der Waals surface area (Å²) in [6, 6.07) is 12.4. The molecule has 2 aromatic carbocycles. The average molecular weight is 448 g/mol. The molecule has 0 aliphatic carbocycles. The molecule has 2 aromatic rings. The molecule has 0 aromatic heterocycles. The average Bonchev–Trinajstić information content (AvgIpc) is 2.72. The van der Waals surface area contributed by atoms with Crippen molar-refractivity contribution in [2.24, 2.45) is 0 Å². The van der Waals surface area contributed by atoms with Crippen LogP contribution < -0.4 is 19.5 Å². The van der Waals surface area contributed by atoms with E-state index in [2.05, 4.69) is 10.0 Å². The molecule has 0 saturated heterocycles. The molecular weight excluding hydrogens is 424 g/mol. The second kappa shape index (κ2) is 9.36. The minimum atomic E-state index is -3.63. The Morgan fingerprint density at radius 1 is 1.03 bits per heavy atom. The first kappa shape index (κ1) is 22.6. The van der Waals surface area contributed by atoms with Crippen molar-refractivity contribution in [3.05, 3.63) is 48.5 Å². The van der Waals surface area contributed by atoms with Gasteiger partial charge in [-0.2, -0.15) is 0 Å². The first-order valence-corrected chi connectivity index (χ1v) is 11.2. The molecule has 1 aliphatic heterocycles. The van der Waals surface area contributed by atoms with Crippen LogP contribution in [-0.4, -0.2) is 45.2 Å². The van der Waals surface area contributed by atoms with E-state index in [0.29, 0.717) is 17.2 Å². The zero-order chi connectivity index (χ0) is 22.6. The van der Waals surface area contributed by atoms with Crippen molar-refractivity contribution < 1.29 is 32.2 Å². The van der Waals surface area contributed by atoms with Crippen LogP contribution in [0.3, 0.4) is 0 Å². The Balaban J connectivity index is 1.55. The number of carbonyl (C=O) groups is 2. The Bertz CT molecular complexity index is 1050. The fourth-order valence-corrected chi connectivity index (χ4v) is 4.03. The highest BCUT2D eigenvalue weighted by Gasteiger charge is 2.31. The van der Waals surface area contributed by atoms with Crippen LogP contribution in [0.2, 0.25) is 0 Å². The molecule has 0 unspecified atom stereocenters. The third-order valence-electron chi connectivity index (χ3n) is 4.26. The Labute approximate surface area is 180 Å². The number of sulfonamides is 1. The van der Waals surface area contributed by atoms with Crippen LogP contribution in [0.25, 0.3) is 0 Å². The third-order valence-corrected chi connectivity index (χ3v) is 5.93. The molecule has 10 heteroatoms. The zero-order valence-corrected chi connectivity index (χ0v) is 18.1. The van der Waals surface area contributed by atoms with E-state index in [4.69, 9.17) is 14.2 Å². The summed E-state index contributed by atoms with van der Waals surface area (Å²) in [5, 5.41) is 2.58. The number of hydrogen-bond donors (Lipinski definition) is 2. The van der Waals surface area contributed by atoms with Gasteiger partial charge in [0.05, 0.1) is 4.90 Å². The molecule has 0 radical (unpaired) electrons. The molecule has 0 saturated carbocycles. The van der Waals surface area contributed by atoms with Crippen molar-refractivity contribution in [2.45, 2.75) is 43.9 Å². The number of benzene rings is 2. The number of nitrogens with one attached hydrogen (secondary N) is 2. The van der Waals surface area contributed by atoms with Gasteiger partial charge in [-0.25, -0.2) is 17.9 Å². The number of para-hydroxylation sites is 2. The summed E-state index contributed by atoms with van der Waals surface area (Å²) >= 11 is 0. The maximum absolute atomic E-state index is 12.4. The van der Waals surface area contributed by atoms with E-state index in [-0.39, 0.29) is 17.5 Å². The van der Waals surface area contributed by atoms with E-state index in [1.54, 1.807) is 38.1 Å². The fraction of sp³-hybridized carbons (Fsp3) is 0.333. The lowest BCUT2D eigenvalue weighted by Crippen LogP contribution is -2.41. The van der Waals surface area contributed by atoms with Crippen molar-refractivity contribution in [3.8, 4) is 11.5 Å². The lowest BCUT2D eigenvalue weighted by atomic mass is 10.2. The van der Waals surface area contributed by atoms with Crippen LogP contribution in [0.5, 0.6) is 11.5 Å². The predicted octanol–water partition coefficient (Wildman–Crippen LogP) is 2.08. The smallest absolute Gasteiger partial charge is 0.351 e. The normalized spacial score (nSPS) is 16.5. The Morgan fingerprint density at radius 2 is 1.68 bits per heavy atom. The summed E-state index contributed by atoms with van der Waals surface area (Å²) < 4.78 is 43.0. The first-order valence-electron chi connectivity index (χ1n) is 9.68. The second-order valence-corrected chi connectivity index (χ2v) is 8.95. The predicted molar refractivity (Wildman–Crippen MR) is 112 cm³/mol. The van der Waals surface area contributed by atoms with E-state index >= 15 is 0 Å². The molecule has 1 heterocycles. The lowest BCUT2D eigenvalue weighted by molar-refractivity contribution is -0.162. The highest BCUT2D eigenvalue weighted by atomic mass is 32.2. The molecule has 31 heavy (non-hydrogen) atoms. The van der Waals surface area contributed by atoms with Gasteiger partial charge in [0.15, 0.2) is 17.6 Å². The van der Waals surface area contributed by atoms with Gasteiger partial charge < -0.3 is 19.5 Å². The van der Waals surface area contributed by atoms with E-state index < -0.39 is 34.1 Å². The summed E-state index contributed by atoms with van der Waals surface area (Å²) in [6.45, 7) is 4.84. The van der Waals surface area contributed by atoms with E-state index in [1.165, 1.54) is 31.2 Å². The van der Waals surface area contributed by atoms with Gasteiger partial charge in [0, 0.05) is 11.7 Å². The standard InChI is InChI=1S/C21H24N2O7S/c1-13(2)23-31(26,27)16-10-8-15(9-11-16)22-20(24)14(3)29-21(25)19-12-28-17-6-4-5-7-18(17)30-19/h4-11,13-14,19,23H,12H2,1-3H3,(H,22,24)/t14-,19-/m0/s1. The van der Waals surface area contributed by atoms with Crippen molar-refractivity contribution in [3.63, 3.8) is 0 Å². The Hall–Kier alpha value is -3.11. The largest absolute Gasteiger partial charge is 0.485 e. The SMILES string of the molecule is CC(C)NS(=O)(=O)c1ccc(NC(=O)[C@H](C)OC(=O)[C@@H]2COc3ccccc3O2)cc1. The summed E-state index contributed by atoms with van der Waals surface area (Å²) in [7, 11) is -3.63. The summed E-state index contributed by atoms with van der Waals surface area (Å²) in [6.07, 6.45) is -2.08. The molecule has 0 fully saturated rings. The van der Waals surface area contributed by atoms with E-state index in [0.717, 1.165) is 0 Å². The third kappa shape index (κ3) is 5.74. The first-order chi connectivity index (χ1) is 14.7. The summed E-state index contributed by atoms with van der Waals surface area (Å²) in [4.78, 5) is 24.8. The van der Waals surface area contributed by atoms with Gasteiger partial charge in [0.2, 0.25) is 16.1 Å². The van der Waals surface area contributed by atoms with Gasteiger partial charge in [-0.15, -0.1) is 0 Å². The molecule has 2 atom stereocenters. The van der Waals surface area contributed by atoms with Crippen LogP contribution in [-0.2, 0) is 24.3 Å². The molecule has 3 rings (SSSR count). The van der Waals surface area contributed by atoms with E-state index in [9.17, 15) is 18.0 Å². The van der Waals surface area contributed by atoms with Crippen molar-refractivity contribution in [1.82, 2.24) is 4.72 Å². The molecule has 166 valence electrons. The van der Waals surface area contributed by atoms with E-state index in [1.807, 2.05) is 0 Å². The topological polar surface area (TPSA) is 120 Å².